The van der Waals surface area contributed by atoms with Crippen LogP contribution in [0.4, 0.5) is 13.2 Å². The first kappa shape index (κ1) is 17.2. The Kier molecular flexibility index (Phi) is 5.06. The van der Waals surface area contributed by atoms with E-state index in [1.54, 1.807) is 6.07 Å². The highest BCUT2D eigenvalue weighted by molar-refractivity contribution is 7.99. The molecule has 1 N–H and O–H groups in total. The third-order valence-electron chi connectivity index (χ3n) is 3.90. The topological polar surface area (TPSA) is 21.3 Å². The first-order chi connectivity index (χ1) is 11.4. The van der Waals surface area contributed by atoms with Crippen LogP contribution in [0.5, 0.6) is 5.75 Å². The van der Waals surface area contributed by atoms with Gasteiger partial charge in [0.15, 0.2) is 0 Å². The SMILES string of the molecule is Cc1ccc(Sc2cc(OC(F)(F)F)ccc2C2CCCN2)cc1. The Balaban J connectivity index is 1.91. The molecule has 24 heavy (non-hydrogen) atoms. The van der Waals surface area contributed by atoms with Gasteiger partial charge in [-0.05, 0) is 56.1 Å². The largest absolute Gasteiger partial charge is 0.573 e. The molecule has 1 fully saturated rings. The van der Waals surface area contributed by atoms with E-state index in [1.807, 2.05) is 31.2 Å². The van der Waals surface area contributed by atoms with Gasteiger partial charge < -0.3 is 10.1 Å². The summed E-state index contributed by atoms with van der Waals surface area (Å²) in [5, 5.41) is 3.40. The first-order valence-electron chi connectivity index (χ1n) is 7.78. The van der Waals surface area contributed by atoms with Gasteiger partial charge in [0.25, 0.3) is 0 Å². The molecule has 1 aliphatic heterocycles. The zero-order valence-corrected chi connectivity index (χ0v) is 14.0. The van der Waals surface area contributed by atoms with E-state index in [2.05, 4.69) is 10.1 Å². The van der Waals surface area contributed by atoms with Crippen molar-refractivity contribution in [2.24, 2.45) is 0 Å². The molecule has 0 amide bonds. The number of ether oxygens (including phenoxy) is 1. The molecule has 2 nitrogen and oxygen atoms in total. The van der Waals surface area contributed by atoms with Gasteiger partial charge in [-0.25, -0.2) is 0 Å². The maximum atomic E-state index is 12.5. The second kappa shape index (κ2) is 7.07. The van der Waals surface area contributed by atoms with E-state index in [9.17, 15) is 13.2 Å². The molecule has 0 bridgehead atoms. The summed E-state index contributed by atoms with van der Waals surface area (Å²) in [6, 6.07) is 12.7. The van der Waals surface area contributed by atoms with E-state index in [4.69, 9.17) is 0 Å². The molecule has 1 atom stereocenters. The van der Waals surface area contributed by atoms with Crippen molar-refractivity contribution in [3.8, 4) is 5.75 Å². The molecule has 0 aliphatic carbocycles. The predicted molar refractivity (Wildman–Crippen MR) is 88.4 cm³/mol. The van der Waals surface area contributed by atoms with E-state index in [1.165, 1.54) is 23.9 Å². The molecule has 0 saturated carbocycles. The summed E-state index contributed by atoms with van der Waals surface area (Å²) >= 11 is 1.46. The Hall–Kier alpha value is -1.66. The van der Waals surface area contributed by atoms with Crippen molar-refractivity contribution in [1.29, 1.82) is 0 Å². The van der Waals surface area contributed by atoms with E-state index in [-0.39, 0.29) is 11.8 Å². The van der Waals surface area contributed by atoms with Crippen LogP contribution in [0.25, 0.3) is 0 Å². The van der Waals surface area contributed by atoms with Crippen LogP contribution in [0, 0.1) is 6.92 Å². The van der Waals surface area contributed by atoms with Crippen LogP contribution in [0.3, 0.4) is 0 Å². The maximum Gasteiger partial charge on any atom is 0.573 e. The van der Waals surface area contributed by atoms with Crippen molar-refractivity contribution in [2.45, 2.75) is 42.0 Å². The minimum atomic E-state index is -4.68. The van der Waals surface area contributed by atoms with Gasteiger partial charge in [-0.15, -0.1) is 13.2 Å². The van der Waals surface area contributed by atoms with Crippen molar-refractivity contribution in [3.05, 3.63) is 53.6 Å². The Morgan fingerprint density at radius 2 is 1.88 bits per heavy atom. The summed E-state index contributed by atoms with van der Waals surface area (Å²) < 4.78 is 41.6. The molecular weight excluding hydrogens is 335 g/mol. The monoisotopic (exact) mass is 353 g/mol. The van der Waals surface area contributed by atoms with Crippen LogP contribution in [-0.4, -0.2) is 12.9 Å². The second-order valence-corrected chi connectivity index (χ2v) is 6.93. The molecule has 1 aliphatic rings. The number of benzene rings is 2. The lowest BCUT2D eigenvalue weighted by atomic mass is 10.1. The Morgan fingerprint density at radius 3 is 2.50 bits per heavy atom. The highest BCUT2D eigenvalue weighted by atomic mass is 32.2. The summed E-state index contributed by atoms with van der Waals surface area (Å²) in [7, 11) is 0. The average molecular weight is 353 g/mol. The quantitative estimate of drug-likeness (QED) is 0.788. The number of aryl methyl sites for hydroxylation is 1. The third kappa shape index (κ3) is 4.45. The number of nitrogens with one attached hydrogen (secondary N) is 1. The minimum absolute atomic E-state index is 0.179. The number of hydrogen-bond acceptors (Lipinski definition) is 3. The highest BCUT2D eigenvalue weighted by Gasteiger charge is 2.31. The average Bonchev–Trinajstić information content (AvgIpc) is 3.02. The summed E-state index contributed by atoms with van der Waals surface area (Å²) in [5.41, 5.74) is 2.17. The maximum absolute atomic E-state index is 12.5. The Morgan fingerprint density at radius 1 is 1.12 bits per heavy atom. The van der Waals surface area contributed by atoms with Crippen LogP contribution in [0.15, 0.2) is 52.3 Å². The van der Waals surface area contributed by atoms with Crippen LogP contribution < -0.4 is 10.1 Å². The lowest BCUT2D eigenvalue weighted by Crippen LogP contribution is -2.18. The summed E-state index contributed by atoms with van der Waals surface area (Å²) in [5.74, 6) is -0.182. The van der Waals surface area contributed by atoms with Crippen molar-refractivity contribution < 1.29 is 17.9 Å². The highest BCUT2D eigenvalue weighted by Crippen LogP contribution is 2.39. The van der Waals surface area contributed by atoms with Gasteiger partial charge in [0.1, 0.15) is 5.75 Å². The summed E-state index contributed by atoms with van der Waals surface area (Å²) in [4.78, 5) is 1.78. The van der Waals surface area contributed by atoms with Gasteiger partial charge in [0.05, 0.1) is 0 Å². The fourth-order valence-electron chi connectivity index (χ4n) is 2.77. The normalized spacial score (nSPS) is 17.9. The third-order valence-corrected chi connectivity index (χ3v) is 4.98. The molecule has 3 rings (SSSR count). The molecule has 1 heterocycles. The molecular formula is C18H18F3NOS. The first-order valence-corrected chi connectivity index (χ1v) is 8.60. The van der Waals surface area contributed by atoms with E-state index < -0.39 is 6.36 Å². The predicted octanol–water partition coefficient (Wildman–Crippen LogP) is 5.47. The molecule has 0 radical (unpaired) electrons. The molecule has 0 spiro atoms. The number of halogens is 3. The van der Waals surface area contributed by atoms with Gasteiger partial charge in [-0.2, -0.15) is 0 Å². The van der Waals surface area contributed by atoms with Crippen LogP contribution in [0.2, 0.25) is 0 Å². The Bertz CT molecular complexity index is 694. The van der Waals surface area contributed by atoms with E-state index >= 15 is 0 Å². The molecule has 1 saturated heterocycles. The zero-order chi connectivity index (χ0) is 17.2. The summed E-state index contributed by atoms with van der Waals surface area (Å²) in [6.07, 6.45) is -2.63. The van der Waals surface area contributed by atoms with Gasteiger partial charge in [-0.1, -0.05) is 35.5 Å². The fraction of sp³-hybridized carbons (Fsp3) is 0.333. The molecule has 2 aromatic carbocycles. The second-order valence-electron chi connectivity index (χ2n) is 5.81. The van der Waals surface area contributed by atoms with E-state index in [0.717, 1.165) is 40.3 Å². The molecule has 128 valence electrons. The minimum Gasteiger partial charge on any atom is -0.406 e. The summed E-state index contributed by atoms with van der Waals surface area (Å²) in [6.45, 7) is 2.93. The van der Waals surface area contributed by atoms with Crippen LogP contribution in [0.1, 0.15) is 30.0 Å². The van der Waals surface area contributed by atoms with Gasteiger partial charge in [0.2, 0.25) is 0 Å². The lowest BCUT2D eigenvalue weighted by Gasteiger charge is -2.18. The van der Waals surface area contributed by atoms with Gasteiger partial charge in [0, 0.05) is 15.8 Å². The van der Waals surface area contributed by atoms with Crippen molar-refractivity contribution >= 4 is 11.8 Å². The van der Waals surface area contributed by atoms with Crippen molar-refractivity contribution in [3.63, 3.8) is 0 Å². The van der Waals surface area contributed by atoms with Gasteiger partial charge in [-0.3, -0.25) is 0 Å². The molecule has 6 heteroatoms. The Labute approximate surface area is 143 Å². The number of hydrogen-bond donors (Lipinski definition) is 1. The smallest absolute Gasteiger partial charge is 0.406 e. The van der Waals surface area contributed by atoms with Gasteiger partial charge >= 0.3 is 6.36 Å². The van der Waals surface area contributed by atoms with Crippen LogP contribution in [-0.2, 0) is 0 Å². The lowest BCUT2D eigenvalue weighted by molar-refractivity contribution is -0.274. The zero-order valence-electron chi connectivity index (χ0n) is 13.2. The molecule has 1 unspecified atom stereocenters. The standard InChI is InChI=1S/C18H18F3NOS/c1-12-4-7-14(8-5-12)24-17-11-13(23-18(19,20)21)6-9-15(17)16-3-2-10-22-16/h4-9,11,16,22H,2-3,10H2,1H3. The van der Waals surface area contributed by atoms with Crippen LogP contribution >= 0.6 is 11.8 Å². The number of alkyl halides is 3. The number of rotatable bonds is 4. The molecule has 2 aromatic rings. The van der Waals surface area contributed by atoms with E-state index in [0.29, 0.717) is 0 Å². The molecule has 0 aromatic heterocycles. The van der Waals surface area contributed by atoms with Crippen molar-refractivity contribution in [2.75, 3.05) is 6.54 Å². The van der Waals surface area contributed by atoms with Crippen molar-refractivity contribution in [1.82, 2.24) is 5.32 Å². The fourth-order valence-corrected chi connectivity index (χ4v) is 3.80.